The summed E-state index contributed by atoms with van der Waals surface area (Å²) in [7, 11) is -4.02. The number of benzene rings is 2. The second-order valence-electron chi connectivity index (χ2n) is 15.6. The van der Waals surface area contributed by atoms with Crippen LogP contribution in [-0.4, -0.2) is 75.6 Å². The Balaban J connectivity index is 1.21. The van der Waals surface area contributed by atoms with Crippen molar-refractivity contribution in [2.75, 3.05) is 11.9 Å². The topological polar surface area (TPSA) is 152 Å². The average molecular weight is 791 g/mol. The normalized spacial score (nSPS) is 27.3. The van der Waals surface area contributed by atoms with Gasteiger partial charge in [-0.2, -0.15) is 18.2 Å². The third-order valence-corrected chi connectivity index (χ3v) is 13.8. The van der Waals surface area contributed by atoms with Crippen LogP contribution in [-0.2, 0) is 37.1 Å². The summed E-state index contributed by atoms with van der Waals surface area (Å²) >= 11 is 0. The number of anilines is 1. The van der Waals surface area contributed by atoms with E-state index in [1.54, 1.807) is 6.92 Å². The smallest absolute Gasteiger partial charge is 0.416 e. The van der Waals surface area contributed by atoms with Crippen molar-refractivity contribution in [1.82, 2.24) is 24.5 Å². The van der Waals surface area contributed by atoms with E-state index in [0.29, 0.717) is 56.7 Å². The molecular weight excluding hydrogens is 745 g/mol. The standard InChI is InChI=1S/C38H46F4N6O6S/c1-3-47-30-14-10-9-12-28(30)44-35(47)54-27-20-31-32(49)45-37(34(51)46-55(52,53)36(2)15-16-36)21-23(37)11-7-5-4-6-8-13-29(33(50)48(31)22-27)43-26-18-24(38(40,41)42)17-25(39)19-26/h9-10,12,14,17-19,23,27,29,31,43H,3-8,11,13,15-16,20-22H2,1-2H3,(H,45,49)(H,46,51)/t23-,27-,29+,31+,37-/m1/s1. The molecule has 17 heteroatoms. The number of para-hydroxylation sites is 2. The number of ether oxygens (including phenoxy) is 1. The zero-order valence-electron chi connectivity index (χ0n) is 30.8. The van der Waals surface area contributed by atoms with E-state index in [1.165, 1.54) is 4.90 Å². The Morgan fingerprint density at radius 1 is 1.05 bits per heavy atom. The quantitative estimate of drug-likeness (QED) is 0.248. The highest BCUT2D eigenvalue weighted by atomic mass is 32.2. The van der Waals surface area contributed by atoms with Crippen LogP contribution < -0.4 is 20.1 Å². The van der Waals surface area contributed by atoms with Crippen molar-refractivity contribution in [2.24, 2.45) is 5.92 Å². The minimum Gasteiger partial charge on any atom is -0.459 e. The number of nitrogens with zero attached hydrogens (tertiary/aromatic N) is 3. The number of carbonyl (C=O) groups excluding carboxylic acids is 3. The number of aromatic nitrogens is 2. The molecule has 2 saturated heterocycles. The van der Waals surface area contributed by atoms with Gasteiger partial charge in [0.05, 0.1) is 27.9 Å². The summed E-state index contributed by atoms with van der Waals surface area (Å²) in [4.78, 5) is 48.8. The van der Waals surface area contributed by atoms with Gasteiger partial charge in [0.15, 0.2) is 0 Å². The van der Waals surface area contributed by atoms with E-state index in [0.717, 1.165) is 30.5 Å². The van der Waals surface area contributed by atoms with E-state index < -0.39 is 73.8 Å². The molecule has 2 aliphatic carbocycles. The molecule has 3 amide bonds. The Kier molecular flexibility index (Phi) is 10.3. The van der Waals surface area contributed by atoms with E-state index in [2.05, 4.69) is 20.3 Å². The van der Waals surface area contributed by atoms with Crippen LogP contribution in [0.15, 0.2) is 42.5 Å². The fourth-order valence-electron chi connectivity index (χ4n) is 7.99. The van der Waals surface area contributed by atoms with Gasteiger partial charge in [-0.15, -0.1) is 0 Å². The fourth-order valence-corrected chi connectivity index (χ4v) is 9.30. The number of imidazole rings is 1. The molecule has 7 rings (SSSR count). The molecule has 2 aliphatic heterocycles. The predicted octanol–water partition coefficient (Wildman–Crippen LogP) is 5.66. The molecule has 2 saturated carbocycles. The maximum atomic E-state index is 14.6. The van der Waals surface area contributed by atoms with Gasteiger partial charge in [-0.05, 0) is 82.2 Å². The number of carbonyl (C=O) groups is 3. The van der Waals surface area contributed by atoms with Crippen molar-refractivity contribution < 1.29 is 45.1 Å². The summed E-state index contributed by atoms with van der Waals surface area (Å²) in [6.07, 6.45) is -0.344. The van der Waals surface area contributed by atoms with Crippen molar-refractivity contribution in [3.05, 3.63) is 53.8 Å². The van der Waals surface area contributed by atoms with Gasteiger partial charge >= 0.3 is 6.18 Å². The number of halogens is 4. The molecule has 0 bridgehead atoms. The summed E-state index contributed by atoms with van der Waals surface area (Å²) < 4.78 is 91.1. The average Bonchev–Trinajstić information content (AvgIpc) is 3.95. The molecular formula is C38H46F4N6O6S. The van der Waals surface area contributed by atoms with Gasteiger partial charge in [-0.1, -0.05) is 44.2 Å². The van der Waals surface area contributed by atoms with Crippen LogP contribution in [0.2, 0.25) is 0 Å². The predicted molar refractivity (Wildman–Crippen MR) is 195 cm³/mol. The van der Waals surface area contributed by atoms with Gasteiger partial charge in [0.25, 0.3) is 11.9 Å². The fraction of sp³-hybridized carbons (Fsp3) is 0.579. The lowest BCUT2D eigenvalue weighted by molar-refractivity contribution is -0.140. The monoisotopic (exact) mass is 790 g/mol. The van der Waals surface area contributed by atoms with Gasteiger partial charge < -0.3 is 20.3 Å². The minimum absolute atomic E-state index is 0.0197. The van der Waals surface area contributed by atoms with Gasteiger partial charge in [-0.25, -0.2) is 12.8 Å². The molecule has 3 heterocycles. The van der Waals surface area contributed by atoms with Crippen LogP contribution in [0, 0.1) is 11.7 Å². The molecule has 4 fully saturated rings. The van der Waals surface area contributed by atoms with Crippen molar-refractivity contribution in [1.29, 1.82) is 0 Å². The summed E-state index contributed by atoms with van der Waals surface area (Å²) in [6, 6.07) is 7.37. The van der Waals surface area contributed by atoms with Crippen molar-refractivity contribution >= 4 is 44.5 Å². The number of fused-ring (bicyclic) bond motifs is 3. The number of nitrogens with one attached hydrogen (secondary N) is 3. The zero-order valence-corrected chi connectivity index (χ0v) is 31.6. The first-order valence-corrected chi connectivity index (χ1v) is 20.5. The maximum Gasteiger partial charge on any atom is 0.416 e. The van der Waals surface area contributed by atoms with E-state index in [1.807, 2.05) is 35.8 Å². The van der Waals surface area contributed by atoms with Gasteiger partial charge in [-0.3, -0.25) is 23.7 Å². The Labute approximate surface area is 316 Å². The number of hydrogen-bond acceptors (Lipinski definition) is 8. The summed E-state index contributed by atoms with van der Waals surface area (Å²) in [6.45, 7) is 3.89. The van der Waals surface area contributed by atoms with Crippen molar-refractivity contribution in [3.63, 3.8) is 0 Å². The third-order valence-electron chi connectivity index (χ3n) is 11.7. The van der Waals surface area contributed by atoms with Crippen LogP contribution >= 0.6 is 0 Å². The minimum atomic E-state index is -4.83. The van der Waals surface area contributed by atoms with Gasteiger partial charge in [0.2, 0.25) is 21.8 Å². The Morgan fingerprint density at radius 3 is 2.47 bits per heavy atom. The first-order valence-electron chi connectivity index (χ1n) is 19.0. The molecule has 0 spiro atoms. The number of hydrogen-bond donors (Lipinski definition) is 3. The lowest BCUT2D eigenvalue weighted by Gasteiger charge is -2.30. The lowest BCUT2D eigenvalue weighted by Crippen LogP contribution is -2.58. The van der Waals surface area contributed by atoms with E-state index in [9.17, 15) is 40.4 Å². The summed E-state index contributed by atoms with van der Waals surface area (Å²) in [5.74, 6) is -3.56. The van der Waals surface area contributed by atoms with E-state index in [-0.39, 0.29) is 43.4 Å². The Bertz CT molecular complexity index is 2090. The van der Waals surface area contributed by atoms with Crippen LogP contribution in [0.4, 0.5) is 23.2 Å². The van der Waals surface area contributed by atoms with Crippen LogP contribution in [0.3, 0.4) is 0 Å². The highest BCUT2D eigenvalue weighted by Crippen LogP contribution is 2.49. The van der Waals surface area contributed by atoms with Crippen LogP contribution in [0.25, 0.3) is 11.0 Å². The molecule has 3 N–H and O–H groups in total. The number of amides is 3. The molecule has 1 aromatic heterocycles. The highest BCUT2D eigenvalue weighted by molar-refractivity contribution is 7.91. The zero-order chi connectivity index (χ0) is 39.3. The summed E-state index contributed by atoms with van der Waals surface area (Å²) in [5.41, 5.74) is -1.46. The number of sulfonamides is 1. The molecule has 2 aromatic carbocycles. The number of aryl methyl sites for hydroxylation is 1. The maximum absolute atomic E-state index is 14.6. The summed E-state index contributed by atoms with van der Waals surface area (Å²) in [5, 5.41) is 5.71. The van der Waals surface area contributed by atoms with Crippen LogP contribution in [0.1, 0.15) is 90.0 Å². The first kappa shape index (κ1) is 38.8. The second-order valence-corrected chi connectivity index (χ2v) is 17.8. The van der Waals surface area contributed by atoms with Gasteiger partial charge in [0, 0.05) is 18.7 Å². The Hall–Kier alpha value is -4.41. The molecule has 55 heavy (non-hydrogen) atoms. The van der Waals surface area contributed by atoms with Crippen molar-refractivity contribution in [3.8, 4) is 6.01 Å². The molecule has 12 nitrogen and oxygen atoms in total. The SMILES string of the molecule is CCn1c(O[C@@H]2C[C@H]3C(=O)N[C@]4(C(=O)NS(=O)(=O)C5(C)CC5)C[C@H]4CCCCCCC[C@H](Nc4cc(F)cc(C(F)(F)F)c4)C(=O)N3C2)nc2ccccc21. The second kappa shape index (κ2) is 14.6. The molecule has 0 radical (unpaired) electrons. The number of alkyl halides is 3. The van der Waals surface area contributed by atoms with Crippen LogP contribution in [0.5, 0.6) is 6.01 Å². The molecule has 298 valence electrons. The molecule has 0 unspecified atom stereocenters. The largest absolute Gasteiger partial charge is 0.459 e. The first-order chi connectivity index (χ1) is 26.0. The lowest BCUT2D eigenvalue weighted by atomic mass is 10.0. The molecule has 3 aromatic rings. The van der Waals surface area contributed by atoms with Crippen molar-refractivity contribution in [2.45, 2.75) is 126 Å². The molecule has 5 atom stereocenters. The third kappa shape index (κ3) is 7.85. The van der Waals surface area contributed by atoms with E-state index in [4.69, 9.17) is 4.74 Å². The molecule has 4 aliphatic rings. The Morgan fingerprint density at radius 2 is 1.76 bits per heavy atom. The van der Waals surface area contributed by atoms with E-state index >= 15 is 0 Å². The number of rotatable bonds is 8. The van der Waals surface area contributed by atoms with Gasteiger partial charge in [0.1, 0.15) is 29.5 Å². The highest BCUT2D eigenvalue weighted by Gasteiger charge is 2.63.